The number of carbonyl (C=O) groups excluding carboxylic acids is 2. The van der Waals surface area contributed by atoms with Crippen molar-refractivity contribution in [2.75, 3.05) is 40.0 Å². The van der Waals surface area contributed by atoms with Gasteiger partial charge in [-0.05, 0) is 51.0 Å². The summed E-state index contributed by atoms with van der Waals surface area (Å²) in [5.41, 5.74) is 2.95. The van der Waals surface area contributed by atoms with E-state index in [-0.39, 0.29) is 24.9 Å². The molecule has 0 unspecified atom stereocenters. The zero-order valence-electron chi connectivity index (χ0n) is 22.5. The van der Waals surface area contributed by atoms with Gasteiger partial charge in [0, 0.05) is 37.4 Å². The first-order chi connectivity index (χ1) is 18.1. The fourth-order valence-corrected chi connectivity index (χ4v) is 5.17. The first-order valence-corrected chi connectivity index (χ1v) is 14.1. The highest BCUT2D eigenvalue weighted by Crippen LogP contribution is 2.28. The third kappa shape index (κ3) is 9.82. The van der Waals surface area contributed by atoms with Crippen LogP contribution in [-0.4, -0.2) is 82.1 Å². The zero-order valence-corrected chi connectivity index (χ0v) is 24.1. The van der Waals surface area contributed by atoms with E-state index < -0.39 is 5.60 Å². The number of rotatable bonds is 14. The molecule has 0 saturated carbocycles. The van der Waals surface area contributed by atoms with Crippen LogP contribution >= 0.6 is 23.1 Å². The van der Waals surface area contributed by atoms with E-state index in [0.717, 1.165) is 15.8 Å². The van der Waals surface area contributed by atoms with Gasteiger partial charge in [0.1, 0.15) is 5.60 Å². The molecule has 12 heteroatoms. The van der Waals surface area contributed by atoms with Crippen molar-refractivity contribution in [3.63, 3.8) is 0 Å². The molecule has 3 aromatic rings. The van der Waals surface area contributed by atoms with Gasteiger partial charge < -0.3 is 23.7 Å². The summed E-state index contributed by atoms with van der Waals surface area (Å²) in [6.45, 7) is 9.38. The Morgan fingerprint density at radius 2 is 1.87 bits per heavy atom. The molecule has 10 nitrogen and oxygen atoms in total. The first-order valence-electron chi connectivity index (χ1n) is 12.3. The number of carbonyl (C=O) groups is 2. The van der Waals surface area contributed by atoms with E-state index in [1.54, 1.807) is 36.2 Å². The van der Waals surface area contributed by atoms with Crippen LogP contribution in [0.5, 0.6) is 0 Å². The van der Waals surface area contributed by atoms with Crippen LogP contribution in [0.4, 0.5) is 0 Å². The third-order valence-corrected chi connectivity index (χ3v) is 7.32. The van der Waals surface area contributed by atoms with Crippen molar-refractivity contribution in [2.45, 2.75) is 49.8 Å². The number of amides is 1. The molecule has 0 bridgehead atoms. The van der Waals surface area contributed by atoms with Gasteiger partial charge in [-0.3, -0.25) is 9.59 Å². The number of thioether (sulfide) groups is 1. The molecule has 3 rings (SSSR count). The van der Waals surface area contributed by atoms with Crippen molar-refractivity contribution < 1.29 is 23.8 Å². The zero-order chi connectivity index (χ0) is 27.5. The molecular weight excluding hydrogens is 526 g/mol. The summed E-state index contributed by atoms with van der Waals surface area (Å²) >= 11 is 2.86. The largest absolute Gasteiger partial charge is 0.460 e. The van der Waals surface area contributed by atoms with Crippen molar-refractivity contribution in [2.24, 2.45) is 0 Å². The normalized spacial score (nSPS) is 11.5. The van der Waals surface area contributed by atoms with Gasteiger partial charge in [-0.15, -0.1) is 10.2 Å². The van der Waals surface area contributed by atoms with Crippen molar-refractivity contribution in [1.29, 1.82) is 0 Å². The lowest BCUT2D eigenvalue weighted by molar-refractivity contribution is -0.156. The quantitative estimate of drug-likeness (QED) is 0.163. The molecule has 0 aliphatic carbocycles. The summed E-state index contributed by atoms with van der Waals surface area (Å²) in [4.78, 5) is 30.0. The van der Waals surface area contributed by atoms with Crippen molar-refractivity contribution in [3.8, 4) is 5.69 Å². The minimum Gasteiger partial charge on any atom is -0.460 e. The Labute approximate surface area is 231 Å². The fourth-order valence-electron chi connectivity index (χ4n) is 3.24. The molecule has 0 aliphatic rings. The van der Waals surface area contributed by atoms with Crippen LogP contribution in [0.15, 0.2) is 41.3 Å². The summed E-state index contributed by atoms with van der Waals surface area (Å²) in [7, 11) is 1.71. The molecule has 0 spiro atoms. The highest BCUT2D eigenvalue weighted by atomic mass is 32.2. The lowest BCUT2D eigenvalue weighted by Crippen LogP contribution is -2.30. The van der Waals surface area contributed by atoms with Crippen LogP contribution in [0.1, 0.15) is 48.1 Å². The second-order valence-corrected chi connectivity index (χ2v) is 11.7. The number of likely N-dealkylation sites (N-methyl/N-ethyl adjacent to an activating group) is 1. The van der Waals surface area contributed by atoms with Gasteiger partial charge in [0.2, 0.25) is 5.01 Å². The summed E-state index contributed by atoms with van der Waals surface area (Å²) < 4.78 is 18.9. The minimum atomic E-state index is -0.493. The predicted molar refractivity (Wildman–Crippen MR) is 147 cm³/mol. The van der Waals surface area contributed by atoms with Crippen LogP contribution in [-0.2, 0) is 24.8 Å². The van der Waals surface area contributed by atoms with Gasteiger partial charge in [-0.25, -0.2) is 4.98 Å². The minimum absolute atomic E-state index is 0.188. The fraction of sp³-hybridized carbons (Fsp3) is 0.500. The highest BCUT2D eigenvalue weighted by Gasteiger charge is 2.18. The van der Waals surface area contributed by atoms with Gasteiger partial charge >= 0.3 is 5.97 Å². The Morgan fingerprint density at radius 1 is 1.11 bits per heavy atom. The molecule has 0 radical (unpaired) electrons. The van der Waals surface area contributed by atoms with E-state index in [1.807, 2.05) is 31.5 Å². The summed E-state index contributed by atoms with van der Waals surface area (Å²) in [6, 6.07) is 6.29. The Hall–Kier alpha value is -2.80. The average molecular weight is 562 g/mol. The number of esters is 1. The number of nitrogens with zero attached hydrogens (tertiary/aromatic N) is 5. The number of hydrogen-bond donors (Lipinski definition) is 0. The van der Waals surface area contributed by atoms with Crippen LogP contribution in [0, 0.1) is 6.92 Å². The van der Waals surface area contributed by atoms with Crippen LogP contribution in [0.2, 0.25) is 0 Å². The van der Waals surface area contributed by atoms with Gasteiger partial charge in [0.05, 0.1) is 39.2 Å². The van der Waals surface area contributed by atoms with E-state index in [9.17, 15) is 9.59 Å². The SMILES string of the molecule is Cc1cc(-n2ccnc2)ccc1CSc1nnc(C(=O)N(C)CCOCCOCCC(=O)OC(C)(C)C)s1. The first kappa shape index (κ1) is 29.8. The van der Waals surface area contributed by atoms with Crippen LogP contribution < -0.4 is 0 Å². The second-order valence-electron chi connectivity index (χ2n) is 9.53. The number of ether oxygens (including phenoxy) is 3. The lowest BCUT2D eigenvalue weighted by Gasteiger charge is -2.19. The van der Waals surface area contributed by atoms with E-state index in [2.05, 4.69) is 40.3 Å². The summed E-state index contributed by atoms with van der Waals surface area (Å²) in [5.74, 6) is 0.266. The number of benzene rings is 1. The molecule has 38 heavy (non-hydrogen) atoms. The molecule has 0 fully saturated rings. The van der Waals surface area contributed by atoms with E-state index in [1.165, 1.54) is 22.5 Å². The maximum absolute atomic E-state index is 12.7. The Morgan fingerprint density at radius 3 is 2.55 bits per heavy atom. The maximum Gasteiger partial charge on any atom is 0.308 e. The average Bonchev–Trinajstić information content (AvgIpc) is 3.56. The number of hydrogen-bond acceptors (Lipinski definition) is 10. The Bertz CT molecular complexity index is 1180. The van der Waals surface area contributed by atoms with E-state index in [0.29, 0.717) is 31.4 Å². The summed E-state index contributed by atoms with van der Waals surface area (Å²) in [5, 5.41) is 8.62. The molecule has 1 aromatic carbocycles. The molecule has 2 aromatic heterocycles. The van der Waals surface area contributed by atoms with Crippen molar-refractivity contribution in [3.05, 3.63) is 53.1 Å². The molecule has 0 N–H and O–H groups in total. The summed E-state index contributed by atoms with van der Waals surface area (Å²) in [6.07, 6.45) is 5.65. The van der Waals surface area contributed by atoms with Gasteiger partial charge in [0.15, 0.2) is 4.34 Å². The predicted octanol–water partition coefficient (Wildman–Crippen LogP) is 4.16. The Kier molecular flexibility index (Phi) is 11.3. The van der Waals surface area contributed by atoms with Gasteiger partial charge in [-0.1, -0.05) is 29.2 Å². The standard InChI is InChI=1S/C26H35N5O5S2/c1-19-16-21(31-10-9-27-18-31)7-6-20(19)17-37-25-29-28-23(38-25)24(33)30(5)11-13-35-15-14-34-12-8-22(32)36-26(2,3)4/h6-7,9-10,16,18H,8,11-15,17H2,1-5H3. The molecule has 0 atom stereocenters. The molecule has 0 aliphatic heterocycles. The lowest BCUT2D eigenvalue weighted by atomic mass is 10.1. The smallest absolute Gasteiger partial charge is 0.308 e. The number of aryl methyl sites for hydroxylation is 1. The number of aromatic nitrogens is 4. The van der Waals surface area contributed by atoms with Gasteiger partial charge in [0.25, 0.3) is 5.91 Å². The van der Waals surface area contributed by atoms with E-state index in [4.69, 9.17) is 14.2 Å². The maximum atomic E-state index is 12.7. The molecule has 1 amide bonds. The van der Waals surface area contributed by atoms with Crippen molar-refractivity contribution >= 4 is 35.0 Å². The molecule has 2 heterocycles. The van der Waals surface area contributed by atoms with Gasteiger partial charge in [-0.2, -0.15) is 0 Å². The topological polar surface area (TPSA) is 109 Å². The number of imidazole rings is 1. The molecular formula is C26H35N5O5S2. The second kappa shape index (κ2) is 14.4. The van der Waals surface area contributed by atoms with Crippen molar-refractivity contribution in [1.82, 2.24) is 24.6 Å². The van der Waals surface area contributed by atoms with Crippen LogP contribution in [0.3, 0.4) is 0 Å². The van der Waals surface area contributed by atoms with Crippen LogP contribution in [0.25, 0.3) is 5.69 Å². The Balaban J connectivity index is 1.32. The third-order valence-electron chi connectivity index (χ3n) is 5.23. The van der Waals surface area contributed by atoms with E-state index >= 15 is 0 Å². The monoisotopic (exact) mass is 561 g/mol. The molecule has 206 valence electrons. The highest BCUT2D eigenvalue weighted by molar-refractivity contribution is 8.00. The molecule has 0 saturated heterocycles.